The Labute approximate surface area is 193 Å². The first-order chi connectivity index (χ1) is 16.4. The quantitative estimate of drug-likeness (QED) is 0.330. The lowest BCUT2D eigenvalue weighted by Gasteiger charge is -2.52. The van der Waals surface area contributed by atoms with Gasteiger partial charge in [-0.2, -0.15) is 5.10 Å². The summed E-state index contributed by atoms with van der Waals surface area (Å²) in [4.78, 5) is 24.4. The summed E-state index contributed by atoms with van der Waals surface area (Å²) in [5.74, 6) is -3.11. The number of aromatic amines is 1. The molecule has 3 aliphatic rings. The van der Waals surface area contributed by atoms with Crippen LogP contribution in [0.1, 0.15) is 19.3 Å². The Morgan fingerprint density at radius 2 is 2.15 bits per heavy atom. The smallest absolute Gasteiger partial charge is 0.308 e. The number of hydrogen-bond donors (Lipinski definition) is 5. The van der Waals surface area contributed by atoms with Crippen LogP contribution in [-0.4, -0.2) is 61.6 Å². The molecule has 3 saturated carbocycles. The van der Waals surface area contributed by atoms with Crippen LogP contribution in [0.5, 0.6) is 0 Å². The highest BCUT2D eigenvalue weighted by molar-refractivity contribution is 5.88. The molecule has 0 aromatic carbocycles. The van der Waals surface area contributed by atoms with E-state index in [1.165, 1.54) is 12.3 Å². The maximum absolute atomic E-state index is 14.8. The second-order valence-corrected chi connectivity index (χ2v) is 8.93. The summed E-state index contributed by atoms with van der Waals surface area (Å²) in [6.07, 6.45) is 5.62. The Hall–Kier alpha value is -3.54. The van der Waals surface area contributed by atoms with E-state index in [-0.39, 0.29) is 46.8 Å². The van der Waals surface area contributed by atoms with Gasteiger partial charge < -0.3 is 21.1 Å². The Kier molecular flexibility index (Phi) is 5.68. The molecule has 0 spiro atoms. The molecule has 5 N–H and O–H groups in total. The predicted molar refractivity (Wildman–Crippen MR) is 119 cm³/mol. The highest BCUT2D eigenvalue weighted by Gasteiger charge is 2.53. The normalized spacial score (nSPS) is 27.0. The number of H-pyrrole nitrogens is 1. The van der Waals surface area contributed by atoms with Crippen LogP contribution in [0.15, 0.2) is 18.5 Å². The summed E-state index contributed by atoms with van der Waals surface area (Å²) >= 11 is 0. The van der Waals surface area contributed by atoms with Gasteiger partial charge >= 0.3 is 5.97 Å². The summed E-state index contributed by atoms with van der Waals surface area (Å²) in [6, 6.07) is 0.471. The van der Waals surface area contributed by atoms with Gasteiger partial charge in [-0.15, -0.1) is 0 Å². The first-order valence-corrected chi connectivity index (χ1v) is 11.1. The number of fused-ring (bicyclic) bond motifs is 4. The number of anilines is 1. The lowest BCUT2D eigenvalue weighted by Crippen LogP contribution is -2.58. The zero-order valence-electron chi connectivity index (χ0n) is 18.3. The largest absolute Gasteiger partial charge is 0.481 e. The van der Waals surface area contributed by atoms with Crippen molar-refractivity contribution in [2.45, 2.75) is 31.3 Å². The molecule has 2 bridgehead atoms. The van der Waals surface area contributed by atoms with Crippen LogP contribution in [0.4, 0.5) is 14.6 Å². The molecular formula is C22H24F2N8O2. The highest BCUT2D eigenvalue weighted by atomic mass is 19.1. The van der Waals surface area contributed by atoms with E-state index < -0.39 is 29.6 Å². The van der Waals surface area contributed by atoms with E-state index >= 15 is 0 Å². The number of aliphatic carboxylic acids is 1. The zero-order valence-corrected chi connectivity index (χ0v) is 18.3. The molecule has 6 rings (SSSR count). The van der Waals surface area contributed by atoms with Crippen molar-refractivity contribution >= 4 is 29.0 Å². The monoisotopic (exact) mass is 470 g/mol. The third-order valence-corrected chi connectivity index (χ3v) is 7.26. The van der Waals surface area contributed by atoms with Gasteiger partial charge in [-0.3, -0.25) is 9.89 Å². The fraction of sp³-hybridized carbons (Fsp3) is 0.455. The summed E-state index contributed by atoms with van der Waals surface area (Å²) in [6.45, 7) is 0. The molecule has 3 fully saturated rings. The van der Waals surface area contributed by atoms with Crippen LogP contribution < -0.4 is 10.6 Å². The third-order valence-electron chi connectivity index (χ3n) is 7.26. The number of carbonyl (C=O) groups is 1. The molecular weight excluding hydrogens is 446 g/mol. The van der Waals surface area contributed by atoms with Gasteiger partial charge in [0.25, 0.3) is 0 Å². The molecule has 3 aliphatic carbocycles. The van der Waals surface area contributed by atoms with E-state index in [0.717, 1.165) is 25.2 Å². The van der Waals surface area contributed by atoms with Crippen molar-refractivity contribution in [1.82, 2.24) is 30.5 Å². The molecule has 3 aromatic rings. The van der Waals surface area contributed by atoms with Crippen molar-refractivity contribution in [3.63, 3.8) is 0 Å². The van der Waals surface area contributed by atoms with Gasteiger partial charge in [-0.25, -0.2) is 23.7 Å². The Morgan fingerprint density at radius 1 is 1.32 bits per heavy atom. The van der Waals surface area contributed by atoms with E-state index in [0.29, 0.717) is 11.8 Å². The number of pyridine rings is 1. The first-order valence-electron chi connectivity index (χ1n) is 11.1. The van der Waals surface area contributed by atoms with E-state index in [9.17, 15) is 18.7 Å². The number of nitrogens with one attached hydrogen (secondary N) is 4. The molecule has 3 heterocycles. The minimum absolute atomic E-state index is 0.0457. The van der Waals surface area contributed by atoms with Gasteiger partial charge in [-0.1, -0.05) is 0 Å². The van der Waals surface area contributed by atoms with E-state index in [1.807, 2.05) is 0 Å². The van der Waals surface area contributed by atoms with E-state index in [2.05, 4.69) is 35.8 Å². The van der Waals surface area contributed by atoms with Crippen molar-refractivity contribution in [3.8, 4) is 11.5 Å². The summed E-state index contributed by atoms with van der Waals surface area (Å²) in [5.41, 5.74) is 0.545. The average Bonchev–Trinajstić information content (AvgIpc) is 3.24. The molecule has 0 amide bonds. The molecule has 0 saturated heterocycles. The van der Waals surface area contributed by atoms with Crippen LogP contribution in [0.25, 0.3) is 22.6 Å². The first kappa shape index (κ1) is 22.3. The molecule has 6 unspecified atom stereocenters. The minimum atomic E-state index is -0.933. The van der Waals surface area contributed by atoms with Gasteiger partial charge in [0.2, 0.25) is 0 Å². The van der Waals surface area contributed by atoms with Gasteiger partial charge in [0, 0.05) is 18.3 Å². The predicted octanol–water partition coefficient (Wildman–Crippen LogP) is 2.46. The number of hydrogen-bond acceptors (Lipinski definition) is 8. The van der Waals surface area contributed by atoms with Gasteiger partial charge in [0.15, 0.2) is 23.1 Å². The number of carboxylic acid groups (broad SMARTS) is 1. The van der Waals surface area contributed by atoms with Crippen LogP contribution in [0.3, 0.4) is 0 Å². The van der Waals surface area contributed by atoms with Crippen LogP contribution in [-0.2, 0) is 4.79 Å². The Balaban J connectivity index is 1.51. The van der Waals surface area contributed by atoms with Gasteiger partial charge in [0.1, 0.15) is 11.5 Å². The van der Waals surface area contributed by atoms with Crippen LogP contribution in [0.2, 0.25) is 0 Å². The SMILES string of the molecule is CNC(C=N)C1CC2CCC1C(Nc1nc(-c3[nH]nc4ncc(F)cc34)ncc1F)C2C(=O)O. The number of aromatic nitrogens is 5. The van der Waals surface area contributed by atoms with E-state index in [1.54, 1.807) is 7.05 Å². The van der Waals surface area contributed by atoms with Crippen molar-refractivity contribution in [1.29, 1.82) is 5.41 Å². The molecule has 6 atom stereocenters. The fourth-order valence-electron chi connectivity index (χ4n) is 5.77. The minimum Gasteiger partial charge on any atom is -0.481 e. The number of rotatable bonds is 7. The molecule has 0 aliphatic heterocycles. The Morgan fingerprint density at radius 3 is 2.88 bits per heavy atom. The lowest BCUT2D eigenvalue weighted by molar-refractivity contribution is -0.150. The van der Waals surface area contributed by atoms with Gasteiger partial charge in [-0.05, 0) is 50.1 Å². The van der Waals surface area contributed by atoms with Crippen LogP contribution in [0, 0.1) is 40.7 Å². The molecule has 12 heteroatoms. The summed E-state index contributed by atoms with van der Waals surface area (Å²) in [5, 5.41) is 31.0. The number of nitrogens with zero attached hydrogens (tertiary/aromatic N) is 4. The topological polar surface area (TPSA) is 153 Å². The number of halogens is 2. The van der Waals surface area contributed by atoms with E-state index in [4.69, 9.17) is 5.41 Å². The van der Waals surface area contributed by atoms with Crippen molar-refractivity contribution in [2.24, 2.45) is 23.7 Å². The zero-order chi connectivity index (χ0) is 24.0. The van der Waals surface area contributed by atoms with Crippen molar-refractivity contribution < 1.29 is 18.7 Å². The summed E-state index contributed by atoms with van der Waals surface area (Å²) in [7, 11) is 1.78. The summed E-state index contributed by atoms with van der Waals surface area (Å²) < 4.78 is 28.6. The van der Waals surface area contributed by atoms with Crippen LogP contribution >= 0.6 is 0 Å². The standard InChI is InChI=1S/C22H24F2N8O2/c1-26-15(6-25)12-4-9-2-3-11(12)17(16(9)22(33)34)29-20-14(24)8-28-21(30-20)18-13-5-10(23)7-27-19(13)32-31-18/h5-9,11-12,15-17,25-26H,2-4H2,1H3,(H,33,34)(H,27,31,32)(H,28,29,30). The molecule has 0 radical (unpaired) electrons. The fourth-order valence-corrected chi connectivity index (χ4v) is 5.77. The second-order valence-electron chi connectivity index (χ2n) is 8.93. The average molecular weight is 470 g/mol. The molecule has 34 heavy (non-hydrogen) atoms. The van der Waals surface area contributed by atoms with Crippen molar-refractivity contribution in [3.05, 3.63) is 30.1 Å². The third kappa shape index (κ3) is 3.67. The highest BCUT2D eigenvalue weighted by Crippen LogP contribution is 2.50. The molecule has 178 valence electrons. The van der Waals surface area contributed by atoms with Gasteiger partial charge in [0.05, 0.1) is 23.7 Å². The van der Waals surface area contributed by atoms with Crippen molar-refractivity contribution in [2.75, 3.05) is 12.4 Å². The number of carboxylic acids is 1. The molecule has 3 aromatic heterocycles. The Bertz CT molecular complexity index is 1250. The maximum Gasteiger partial charge on any atom is 0.308 e. The maximum atomic E-state index is 14.8. The molecule has 10 nitrogen and oxygen atoms in total. The second kappa shape index (κ2) is 8.67. The lowest BCUT2D eigenvalue weighted by atomic mass is 9.55.